The highest BCUT2D eigenvalue weighted by atomic mass is 32.1. The van der Waals surface area contributed by atoms with Crippen LogP contribution in [0.3, 0.4) is 0 Å². The Bertz CT molecular complexity index is 1360. The molecule has 39 heavy (non-hydrogen) atoms. The average Bonchev–Trinajstić information content (AvgIpc) is 3.26. The van der Waals surface area contributed by atoms with Gasteiger partial charge >= 0.3 is 12.3 Å². The summed E-state index contributed by atoms with van der Waals surface area (Å²) in [5.74, 6) is -0.229. The molecule has 0 unspecified atom stereocenters. The summed E-state index contributed by atoms with van der Waals surface area (Å²) in [4.78, 5) is 23.8. The number of piperazine rings is 1. The second kappa shape index (κ2) is 9.62. The van der Waals surface area contributed by atoms with E-state index in [2.05, 4.69) is 14.8 Å². The fraction of sp³-hybridized carbons (Fsp3) is 0.500. The molecule has 3 aliphatic rings. The van der Waals surface area contributed by atoms with E-state index in [1.165, 1.54) is 29.5 Å². The van der Waals surface area contributed by atoms with Crippen LogP contribution in [0.2, 0.25) is 0 Å². The number of aromatic nitrogens is 1. The van der Waals surface area contributed by atoms with Gasteiger partial charge in [-0.3, -0.25) is 4.90 Å². The van der Waals surface area contributed by atoms with Crippen LogP contribution in [0.1, 0.15) is 37.8 Å². The number of hydrogen-bond acceptors (Lipinski definition) is 6. The van der Waals surface area contributed by atoms with Crippen LogP contribution >= 0.6 is 11.3 Å². The number of ether oxygens (including phenoxy) is 1. The zero-order valence-electron chi connectivity index (χ0n) is 21.7. The molecule has 1 spiro atoms. The Kier molecular flexibility index (Phi) is 6.49. The molecule has 1 aliphatic carbocycles. The Balaban J connectivity index is 1.01. The Morgan fingerprint density at radius 1 is 1.08 bits per heavy atom. The van der Waals surface area contributed by atoms with Crippen molar-refractivity contribution in [2.75, 3.05) is 31.1 Å². The van der Waals surface area contributed by atoms with Gasteiger partial charge in [-0.1, -0.05) is 23.5 Å². The first-order valence-electron chi connectivity index (χ1n) is 13.2. The van der Waals surface area contributed by atoms with Gasteiger partial charge in [0.15, 0.2) is 5.13 Å². The average molecular weight is 563 g/mol. The summed E-state index contributed by atoms with van der Waals surface area (Å²) in [6.07, 6.45) is -3.08. The first kappa shape index (κ1) is 26.3. The summed E-state index contributed by atoms with van der Waals surface area (Å²) in [5.41, 5.74) is 1.16. The van der Waals surface area contributed by atoms with Crippen LogP contribution in [0.4, 0.5) is 27.5 Å². The third-order valence-corrected chi connectivity index (χ3v) is 9.25. The van der Waals surface area contributed by atoms with E-state index in [0.717, 1.165) is 50.2 Å². The quantitative estimate of drug-likeness (QED) is 0.357. The van der Waals surface area contributed by atoms with Crippen LogP contribution < -0.4 is 4.90 Å². The molecule has 3 heterocycles. The monoisotopic (exact) mass is 562 g/mol. The molecule has 0 N–H and O–H groups in total. The lowest BCUT2D eigenvalue weighted by atomic mass is 9.61. The van der Waals surface area contributed by atoms with E-state index in [1.807, 2.05) is 26.0 Å². The lowest BCUT2D eigenvalue weighted by Gasteiger charge is -2.58. The molecule has 2 saturated heterocycles. The topological polar surface area (TPSA) is 48.9 Å². The largest absolute Gasteiger partial charge is 0.446 e. The molecular formula is C28H30F4N4O2S. The summed E-state index contributed by atoms with van der Waals surface area (Å²) in [6, 6.07) is 10.0. The molecule has 1 saturated carbocycles. The molecule has 6 rings (SSSR count). The first-order chi connectivity index (χ1) is 18.5. The van der Waals surface area contributed by atoms with Crippen LogP contribution in [-0.2, 0) is 17.5 Å². The van der Waals surface area contributed by atoms with Crippen molar-refractivity contribution in [3.63, 3.8) is 0 Å². The molecule has 0 radical (unpaired) electrons. The van der Waals surface area contributed by atoms with Crippen molar-refractivity contribution in [3.05, 3.63) is 59.4 Å². The molecule has 2 aromatic carbocycles. The van der Waals surface area contributed by atoms with Crippen molar-refractivity contribution in [2.45, 2.75) is 57.6 Å². The number of amides is 1. The summed E-state index contributed by atoms with van der Waals surface area (Å²) in [5, 5.41) is 0.660. The van der Waals surface area contributed by atoms with E-state index < -0.39 is 11.7 Å². The summed E-state index contributed by atoms with van der Waals surface area (Å²) in [7, 11) is 0. The fourth-order valence-electron chi connectivity index (χ4n) is 6.18. The van der Waals surface area contributed by atoms with Crippen LogP contribution in [0, 0.1) is 11.2 Å². The molecule has 1 amide bonds. The maximum Gasteiger partial charge on any atom is 0.416 e. The normalized spacial score (nSPS) is 23.6. The maximum atomic E-state index is 13.1. The number of thiazole rings is 1. The van der Waals surface area contributed by atoms with Crippen molar-refractivity contribution < 1.29 is 27.1 Å². The minimum Gasteiger partial charge on any atom is -0.446 e. The van der Waals surface area contributed by atoms with Gasteiger partial charge < -0.3 is 14.5 Å². The van der Waals surface area contributed by atoms with Gasteiger partial charge in [-0.2, -0.15) is 13.2 Å². The van der Waals surface area contributed by atoms with Gasteiger partial charge in [0.2, 0.25) is 0 Å². The van der Waals surface area contributed by atoms with E-state index in [4.69, 9.17) is 4.74 Å². The second-order valence-electron chi connectivity index (χ2n) is 11.4. The number of alkyl halides is 3. The molecule has 11 heteroatoms. The number of fused-ring (bicyclic) bond motifs is 1. The number of halogens is 4. The van der Waals surface area contributed by atoms with E-state index >= 15 is 0 Å². The van der Waals surface area contributed by atoms with E-state index in [9.17, 15) is 22.4 Å². The molecule has 2 aliphatic heterocycles. The van der Waals surface area contributed by atoms with Gasteiger partial charge in [0.1, 0.15) is 11.9 Å². The minimum atomic E-state index is -4.39. The summed E-state index contributed by atoms with van der Waals surface area (Å²) >= 11 is 1.24. The van der Waals surface area contributed by atoms with Crippen LogP contribution in [0.5, 0.6) is 0 Å². The number of benzene rings is 2. The second-order valence-corrected chi connectivity index (χ2v) is 12.4. The maximum absolute atomic E-state index is 13.1. The number of rotatable bonds is 4. The van der Waals surface area contributed by atoms with E-state index in [-0.39, 0.29) is 35.5 Å². The third-order valence-electron chi connectivity index (χ3n) is 8.20. The van der Waals surface area contributed by atoms with Gasteiger partial charge in [0.05, 0.1) is 15.8 Å². The SMILES string of the molecule is C[C@@H]1CN(c2nc3ccc(C(F)(F)F)cc3s2)[C@@H](C)CN1C(=O)OC1CC2(C1)CN(Cc1ccc(F)cc1)C2. The highest BCUT2D eigenvalue weighted by Crippen LogP contribution is 2.50. The number of anilines is 1. The third kappa shape index (κ3) is 5.18. The Morgan fingerprint density at radius 2 is 1.79 bits per heavy atom. The van der Waals surface area contributed by atoms with E-state index in [0.29, 0.717) is 28.4 Å². The van der Waals surface area contributed by atoms with E-state index in [1.54, 1.807) is 4.90 Å². The van der Waals surface area contributed by atoms with Crippen molar-refractivity contribution in [2.24, 2.45) is 5.41 Å². The lowest BCUT2D eigenvalue weighted by molar-refractivity contribution is -0.137. The zero-order chi connectivity index (χ0) is 27.5. The van der Waals surface area contributed by atoms with Crippen molar-refractivity contribution in [3.8, 4) is 0 Å². The Hall–Kier alpha value is -2.92. The fourth-order valence-corrected chi connectivity index (χ4v) is 7.30. The predicted octanol–water partition coefficient (Wildman–Crippen LogP) is 6.15. The molecule has 208 valence electrons. The van der Waals surface area contributed by atoms with Crippen molar-refractivity contribution in [1.82, 2.24) is 14.8 Å². The lowest BCUT2D eigenvalue weighted by Crippen LogP contribution is -2.64. The zero-order valence-corrected chi connectivity index (χ0v) is 22.6. The predicted molar refractivity (Wildman–Crippen MR) is 141 cm³/mol. The molecule has 3 fully saturated rings. The highest BCUT2D eigenvalue weighted by molar-refractivity contribution is 7.22. The molecule has 0 bridgehead atoms. The van der Waals surface area contributed by atoms with Gasteiger partial charge in [-0.25, -0.2) is 14.2 Å². The van der Waals surface area contributed by atoms with Crippen LogP contribution in [-0.4, -0.2) is 65.2 Å². The smallest absolute Gasteiger partial charge is 0.416 e. The highest BCUT2D eigenvalue weighted by Gasteiger charge is 2.54. The summed E-state index contributed by atoms with van der Waals surface area (Å²) < 4.78 is 58.8. The number of carbonyl (C=O) groups is 1. The van der Waals surface area contributed by atoms with Gasteiger partial charge in [-0.15, -0.1) is 0 Å². The van der Waals surface area contributed by atoms with Crippen molar-refractivity contribution >= 4 is 32.8 Å². The summed E-state index contributed by atoms with van der Waals surface area (Å²) in [6.45, 7) is 7.62. The number of likely N-dealkylation sites (tertiary alicyclic amines) is 1. The minimum absolute atomic E-state index is 0.0595. The molecule has 2 atom stereocenters. The number of hydrogen-bond donors (Lipinski definition) is 0. The Morgan fingerprint density at radius 3 is 2.49 bits per heavy atom. The molecule has 6 nitrogen and oxygen atoms in total. The van der Waals surface area contributed by atoms with Gasteiger partial charge in [0.25, 0.3) is 0 Å². The Labute approximate surface area is 228 Å². The standard InChI is InChI=1S/C28H30F4N4O2S/c1-17-13-36(18(2)12-35(17)25-33-23-8-5-20(28(30,31)32)9-24(23)39-25)26(37)38-22-10-27(11-22)15-34(16-27)14-19-3-6-21(29)7-4-19/h3-9,17-18,22H,10-16H2,1-2H3/t17-,18+/m0/s1. The van der Waals surface area contributed by atoms with Crippen LogP contribution in [0.15, 0.2) is 42.5 Å². The molecule has 3 aromatic rings. The number of carbonyl (C=O) groups excluding carboxylic acids is 1. The molecule has 1 aromatic heterocycles. The van der Waals surface area contributed by atoms with Crippen molar-refractivity contribution in [1.29, 1.82) is 0 Å². The first-order valence-corrected chi connectivity index (χ1v) is 14.0. The van der Waals surface area contributed by atoms with Crippen LogP contribution in [0.25, 0.3) is 10.2 Å². The number of nitrogens with zero attached hydrogens (tertiary/aromatic N) is 4. The molecular weight excluding hydrogens is 532 g/mol. The van der Waals surface area contributed by atoms with Gasteiger partial charge in [0, 0.05) is 50.2 Å². The van der Waals surface area contributed by atoms with Gasteiger partial charge in [-0.05, 0) is 62.6 Å².